The number of likely N-dealkylation sites (N-methyl/N-ethyl adjacent to an activating group) is 1. The second kappa shape index (κ2) is 35.3. The Kier molecular flexibility index (Phi) is 22.0. The van der Waals surface area contributed by atoms with Crippen LogP contribution in [-0.2, 0) is 0 Å². The lowest BCUT2D eigenvalue weighted by Gasteiger charge is -2.12. The van der Waals surface area contributed by atoms with E-state index in [1.165, 1.54) is 42.6 Å². The van der Waals surface area contributed by atoms with Crippen molar-refractivity contribution >= 4 is 111 Å². The molecule has 37 heteroatoms. The van der Waals surface area contributed by atoms with E-state index in [1.807, 2.05) is 125 Å². The Morgan fingerprint density at radius 2 is 0.742 bits per heavy atom. The molecule has 23 rings (SSSR count). The number of fused-ring (bicyclic) bond motifs is 8. The number of nitrogens with one attached hydrogen (secondary N) is 10. The van der Waals surface area contributed by atoms with E-state index in [2.05, 4.69) is 153 Å². The molecule has 132 heavy (non-hydrogen) atoms. The predicted molar refractivity (Wildman–Crippen MR) is 500 cm³/mol. The average molecular weight is 1750 g/mol. The summed E-state index contributed by atoms with van der Waals surface area (Å²) in [6.07, 6.45) is 34.5. The van der Waals surface area contributed by atoms with Gasteiger partial charge in [-0.2, -0.15) is 20.4 Å². The number of anilines is 3. The Bertz CT molecular complexity index is 8260. The number of carbonyl (C=O) groups excluding carboxylic acids is 1. The summed E-state index contributed by atoms with van der Waals surface area (Å²) in [7, 11) is 8.04. The number of aromatic amines is 8. The monoisotopic (exact) mass is 1750 g/mol. The van der Waals surface area contributed by atoms with E-state index in [0.29, 0.717) is 131 Å². The first-order valence-corrected chi connectivity index (χ1v) is 41.4. The summed E-state index contributed by atoms with van der Waals surface area (Å²) in [5, 5.41) is 38.9. The Hall–Kier alpha value is -18.2. The van der Waals surface area contributed by atoms with Crippen LogP contribution in [0, 0.1) is 17.5 Å². The predicted octanol–water partition coefficient (Wildman–Crippen LogP) is 16.6. The summed E-state index contributed by atoms with van der Waals surface area (Å²) in [5.74, 6) is 1.19. The molecule has 12 N–H and O–H groups in total. The van der Waals surface area contributed by atoms with E-state index in [9.17, 15) is 18.0 Å². The van der Waals surface area contributed by atoms with E-state index in [-0.39, 0.29) is 23.4 Å². The van der Waals surface area contributed by atoms with Gasteiger partial charge in [0, 0.05) is 188 Å². The van der Waals surface area contributed by atoms with Gasteiger partial charge in [0.2, 0.25) is 0 Å². The molecule has 23 aromatic rings. The Labute approximate surface area is 745 Å². The number of nitrogens with two attached hydrogens (primary N) is 1. The fraction of sp³-hybridized carbons (Fsp3) is 0.0842. The minimum atomic E-state index is -0.315. The van der Waals surface area contributed by atoms with E-state index >= 15 is 0 Å². The number of nitrogens with zero attached hydrogens (tertiary/aromatic N) is 22. The maximum absolute atomic E-state index is 13.9. The molecule has 646 valence electrons. The number of pyridine rings is 12. The van der Waals surface area contributed by atoms with Crippen LogP contribution in [0.15, 0.2) is 251 Å². The number of carbonyl (C=O) groups is 1. The first-order chi connectivity index (χ1) is 64.5. The molecule has 0 spiro atoms. The van der Waals surface area contributed by atoms with Gasteiger partial charge in [0.15, 0.2) is 45.9 Å². The molecule has 0 fully saturated rings. The number of hydrogen-bond donors (Lipinski definition) is 11. The van der Waals surface area contributed by atoms with Crippen molar-refractivity contribution in [3.05, 3.63) is 274 Å². The summed E-state index contributed by atoms with van der Waals surface area (Å²) in [5.41, 5.74) is 31.1. The number of hydrogen-bond acceptors (Lipinski definition) is 25. The highest BCUT2D eigenvalue weighted by Crippen LogP contribution is 2.39. The molecule has 20 heterocycles. The second-order valence-electron chi connectivity index (χ2n) is 31.1. The summed E-state index contributed by atoms with van der Waals surface area (Å²) in [4.78, 5) is 101. The van der Waals surface area contributed by atoms with Crippen LogP contribution in [0.4, 0.5) is 30.2 Å². The average Bonchev–Trinajstić information content (AvgIpc) is 1.63. The zero-order valence-electron chi connectivity index (χ0n) is 70.8. The highest BCUT2D eigenvalue weighted by Gasteiger charge is 2.24. The van der Waals surface area contributed by atoms with Crippen molar-refractivity contribution in [1.29, 1.82) is 0 Å². The summed E-state index contributed by atoms with van der Waals surface area (Å²) in [6, 6.07) is 37.0. The quantitative estimate of drug-likeness (QED) is 0.0380. The number of benzene rings is 3. The molecule has 0 saturated carbocycles. The zero-order valence-corrected chi connectivity index (χ0v) is 70.8. The molecule has 0 radical (unpaired) electrons. The Morgan fingerprint density at radius 1 is 0.371 bits per heavy atom. The molecule has 3 aromatic carbocycles. The number of aromatic nitrogens is 28. The highest BCUT2D eigenvalue weighted by molar-refractivity contribution is 6.06. The zero-order chi connectivity index (χ0) is 90.0. The first kappa shape index (κ1) is 82.1. The number of H-pyrrole nitrogens is 8. The van der Waals surface area contributed by atoms with Crippen molar-refractivity contribution in [3.63, 3.8) is 0 Å². The standard InChI is InChI=1S/C27H24FN9.C25H19FN8.C23H15FN8.C20H16N8O/c1-37(2)7-6-31-20-9-17(11-29-13-20)18-10-21-25(35-36-26(21)32-12-18)27-33-23-15-30-14-22(24(23)34-27)16-4-3-5-19(28)8-16;1-34(2)18-7-15(9-27-11-18)16-8-19-23(32-33-24(19)29-10-16)25-30-21-13-28-12-20(22(21)31-25)14-4-3-5-17(26)6-14;24-15-3-1-2-12(4-15)18-10-27-11-19-20(18)30-23(29-19)21-17-6-14(8-28-22(17)32-31-21)13-5-16(25)9-26-7-13;1-2-23-20(29)14-9-22-10-15-16(14)26-19(25-15)17-13-6-12(8-24-18(13)28-27-17)11-4-3-5-21-7-11/h3-5,8-15,31H,6-7H2,1-2H3,(H,33,34)(H,32,35,36);3-13H,1-2H3,(H,30,31)(H,29,32,33);1-11H,25H2,(H,29,30)(H,28,31,32);3-10H,2H2,1H3,(H,23,29)(H,25,26)(H,24,27,28). The molecule has 0 aliphatic heterocycles. The van der Waals surface area contributed by atoms with Crippen molar-refractivity contribution < 1.29 is 18.0 Å². The molecular formula is C95H74F3N33O. The smallest absolute Gasteiger partial charge is 0.255 e. The number of rotatable bonds is 18. The van der Waals surface area contributed by atoms with Crippen molar-refractivity contribution in [2.24, 2.45) is 0 Å². The minimum absolute atomic E-state index is 0.210. The lowest BCUT2D eigenvalue weighted by molar-refractivity contribution is 0.0957. The third kappa shape index (κ3) is 16.7. The van der Waals surface area contributed by atoms with Crippen LogP contribution in [0.25, 0.3) is 212 Å². The van der Waals surface area contributed by atoms with Crippen molar-refractivity contribution in [2.75, 3.05) is 63.8 Å². The van der Waals surface area contributed by atoms with Gasteiger partial charge in [-0.3, -0.25) is 65.1 Å². The van der Waals surface area contributed by atoms with Crippen LogP contribution in [0.1, 0.15) is 17.3 Å². The van der Waals surface area contributed by atoms with Crippen LogP contribution in [0.2, 0.25) is 0 Å². The lowest BCUT2D eigenvalue weighted by Crippen LogP contribution is -2.23. The fourth-order valence-corrected chi connectivity index (χ4v) is 15.3. The van der Waals surface area contributed by atoms with Crippen molar-refractivity contribution in [2.45, 2.75) is 6.92 Å². The van der Waals surface area contributed by atoms with Gasteiger partial charge in [-0.15, -0.1) is 0 Å². The topological polar surface area (TPSA) is 458 Å². The lowest BCUT2D eigenvalue weighted by atomic mass is 10.1. The van der Waals surface area contributed by atoms with E-state index in [1.54, 1.807) is 111 Å². The highest BCUT2D eigenvalue weighted by atomic mass is 19.1. The van der Waals surface area contributed by atoms with Gasteiger partial charge in [0.25, 0.3) is 5.91 Å². The van der Waals surface area contributed by atoms with Gasteiger partial charge in [-0.1, -0.05) is 42.5 Å². The maximum atomic E-state index is 13.9. The van der Waals surface area contributed by atoms with Crippen LogP contribution in [-0.4, -0.2) is 199 Å². The molecule has 0 saturated heterocycles. The second-order valence-corrected chi connectivity index (χ2v) is 31.1. The molecule has 1 amide bonds. The summed E-state index contributed by atoms with van der Waals surface area (Å²) in [6.45, 7) is 4.13. The SMILES string of the molecule is CCNC(=O)c1cncc2[nH]c(-c3[nH]nc4ncc(-c5cccnc5)cc34)nc12.CN(C)CCNc1cncc(-c2cnc3n[nH]c(-c4nc5c(-c6cccc(F)c6)cncc5[nH]4)c3c2)c1.CN(C)c1cncc(-c2cnc3n[nH]c(-c4nc5c(-c6cccc(F)c6)cncc5[nH]4)c3c2)c1.Nc1cncc(-c2cnc3n[nH]c(-c4nc5c(-c6cccc(F)c6)cncc5[nH]4)c3c2)c1. The Balaban J connectivity index is 0.000000110. The number of nitrogen functional groups attached to an aromatic ring is 1. The third-order valence-corrected chi connectivity index (χ3v) is 21.8. The Morgan fingerprint density at radius 3 is 1.15 bits per heavy atom. The van der Waals surface area contributed by atoms with Crippen molar-refractivity contribution in [3.8, 4) is 124 Å². The molecule has 0 aliphatic rings. The molecule has 0 bridgehead atoms. The third-order valence-electron chi connectivity index (χ3n) is 21.8. The van der Waals surface area contributed by atoms with Gasteiger partial charge in [0.1, 0.15) is 45.7 Å². The van der Waals surface area contributed by atoms with Crippen molar-refractivity contribution in [1.82, 2.24) is 151 Å². The van der Waals surface area contributed by atoms with Crippen LogP contribution >= 0.6 is 0 Å². The van der Waals surface area contributed by atoms with E-state index < -0.39 is 0 Å². The molecule has 0 atom stereocenters. The summed E-state index contributed by atoms with van der Waals surface area (Å²) >= 11 is 0. The molecule has 20 aromatic heterocycles. The van der Waals surface area contributed by atoms with Gasteiger partial charge in [-0.25, -0.2) is 53.0 Å². The normalized spacial score (nSPS) is 11.4. The molecular weight excluding hydrogens is 1680 g/mol. The van der Waals surface area contributed by atoms with Crippen LogP contribution in [0.3, 0.4) is 0 Å². The van der Waals surface area contributed by atoms with Gasteiger partial charge >= 0.3 is 0 Å². The van der Waals surface area contributed by atoms with Crippen LogP contribution < -0.4 is 21.3 Å². The van der Waals surface area contributed by atoms with E-state index in [4.69, 9.17) is 20.7 Å². The summed E-state index contributed by atoms with van der Waals surface area (Å²) < 4.78 is 41.5. The van der Waals surface area contributed by atoms with E-state index in [0.717, 1.165) is 124 Å². The van der Waals surface area contributed by atoms with Gasteiger partial charge in [0.05, 0.1) is 114 Å². The first-order valence-electron chi connectivity index (χ1n) is 41.4. The molecule has 0 aliphatic carbocycles. The largest absolute Gasteiger partial charge is 0.397 e. The molecule has 34 nitrogen and oxygen atoms in total. The number of halogens is 3. The van der Waals surface area contributed by atoms with Gasteiger partial charge < -0.3 is 46.1 Å². The number of amides is 1. The van der Waals surface area contributed by atoms with Crippen LogP contribution in [0.5, 0.6) is 0 Å². The number of imidazole rings is 4. The minimum Gasteiger partial charge on any atom is -0.397 e. The molecule has 0 unspecified atom stereocenters. The van der Waals surface area contributed by atoms with Gasteiger partial charge in [-0.05, 0) is 123 Å². The fourth-order valence-electron chi connectivity index (χ4n) is 15.3. The maximum Gasteiger partial charge on any atom is 0.255 e.